The third-order valence-corrected chi connectivity index (χ3v) is 4.21. The molecule has 0 unspecified atom stereocenters. The number of rotatable bonds is 6. The van der Waals surface area contributed by atoms with E-state index in [-0.39, 0.29) is 24.3 Å². The Hall–Kier alpha value is -2.94. The van der Waals surface area contributed by atoms with Crippen LogP contribution in [0.2, 0.25) is 0 Å². The molecule has 0 fully saturated rings. The van der Waals surface area contributed by atoms with Crippen molar-refractivity contribution >= 4 is 17.7 Å². The van der Waals surface area contributed by atoms with Crippen molar-refractivity contribution in [3.05, 3.63) is 42.2 Å². The van der Waals surface area contributed by atoms with Crippen LogP contribution in [0.4, 0.5) is 0 Å². The Morgan fingerprint density at radius 3 is 3.00 bits per heavy atom. The highest BCUT2D eigenvalue weighted by atomic mass is 32.2. The van der Waals surface area contributed by atoms with Crippen LogP contribution in [0.5, 0.6) is 11.5 Å². The van der Waals surface area contributed by atoms with E-state index in [4.69, 9.17) is 18.3 Å². The molecular weight excluding hydrogens is 346 g/mol. The maximum Gasteiger partial charge on any atom is 0.284 e. The lowest BCUT2D eigenvalue weighted by atomic mass is 10.2. The first-order valence-electron chi connectivity index (χ1n) is 7.43. The zero-order chi connectivity index (χ0) is 17.1. The molecule has 0 saturated carbocycles. The van der Waals surface area contributed by atoms with E-state index in [2.05, 4.69) is 15.5 Å². The number of carbonyl (C=O) groups is 1. The molecule has 0 saturated heterocycles. The van der Waals surface area contributed by atoms with E-state index in [9.17, 15) is 4.79 Å². The molecule has 4 rings (SSSR count). The molecule has 9 heteroatoms. The van der Waals surface area contributed by atoms with E-state index in [1.54, 1.807) is 12.1 Å². The Morgan fingerprint density at radius 2 is 2.12 bits per heavy atom. The minimum absolute atomic E-state index is 0.139. The summed E-state index contributed by atoms with van der Waals surface area (Å²) >= 11 is 1.16. The van der Waals surface area contributed by atoms with Crippen LogP contribution in [0.15, 0.2) is 50.7 Å². The van der Waals surface area contributed by atoms with Gasteiger partial charge in [0, 0.05) is 6.54 Å². The average Bonchev–Trinajstić information content (AvgIpc) is 3.38. The third-order valence-electron chi connectivity index (χ3n) is 3.39. The van der Waals surface area contributed by atoms with E-state index in [1.165, 1.54) is 6.26 Å². The second-order valence-corrected chi connectivity index (χ2v) is 6.03. The van der Waals surface area contributed by atoms with Crippen LogP contribution < -0.4 is 14.8 Å². The lowest BCUT2D eigenvalue weighted by molar-refractivity contribution is -0.118. The Morgan fingerprint density at radius 1 is 1.20 bits per heavy atom. The maximum absolute atomic E-state index is 12.0. The van der Waals surface area contributed by atoms with Crippen LogP contribution in [0.25, 0.3) is 11.7 Å². The fourth-order valence-corrected chi connectivity index (χ4v) is 2.79. The first kappa shape index (κ1) is 15.6. The van der Waals surface area contributed by atoms with Gasteiger partial charge in [-0.3, -0.25) is 4.79 Å². The molecule has 3 aromatic rings. The monoisotopic (exact) mass is 359 g/mol. The second-order valence-electron chi connectivity index (χ2n) is 5.10. The topological polar surface area (TPSA) is 99.6 Å². The lowest BCUT2D eigenvalue weighted by Crippen LogP contribution is -2.24. The van der Waals surface area contributed by atoms with Crippen molar-refractivity contribution in [1.29, 1.82) is 0 Å². The van der Waals surface area contributed by atoms with Crippen molar-refractivity contribution in [1.82, 2.24) is 15.5 Å². The van der Waals surface area contributed by atoms with Gasteiger partial charge in [0.25, 0.3) is 11.1 Å². The summed E-state index contributed by atoms with van der Waals surface area (Å²) < 4.78 is 21.2. The van der Waals surface area contributed by atoms with Crippen molar-refractivity contribution in [3.8, 4) is 23.1 Å². The van der Waals surface area contributed by atoms with Crippen molar-refractivity contribution in [2.24, 2.45) is 0 Å². The molecule has 25 heavy (non-hydrogen) atoms. The average molecular weight is 359 g/mol. The van der Waals surface area contributed by atoms with Crippen molar-refractivity contribution in [3.63, 3.8) is 0 Å². The number of benzene rings is 1. The zero-order valence-electron chi connectivity index (χ0n) is 12.9. The van der Waals surface area contributed by atoms with Gasteiger partial charge in [0.2, 0.25) is 12.7 Å². The van der Waals surface area contributed by atoms with Gasteiger partial charge in [-0.25, -0.2) is 0 Å². The molecule has 2 aromatic heterocycles. The lowest BCUT2D eigenvalue weighted by Gasteiger charge is -2.05. The van der Waals surface area contributed by atoms with E-state index in [1.807, 2.05) is 18.2 Å². The standard InChI is InChI=1S/C16H13N3O5S/c20-14(17-7-10-3-4-11-13(6-10)23-9-22-11)8-25-16-19-18-15(24-16)12-2-1-5-21-12/h1-6H,7-9H2,(H,17,20). The molecule has 8 nitrogen and oxygen atoms in total. The van der Waals surface area contributed by atoms with Gasteiger partial charge in [-0.2, -0.15) is 0 Å². The summed E-state index contributed by atoms with van der Waals surface area (Å²) in [6.07, 6.45) is 1.52. The first-order chi connectivity index (χ1) is 12.3. The number of furan rings is 1. The van der Waals surface area contributed by atoms with Crippen LogP contribution in [-0.4, -0.2) is 28.7 Å². The molecule has 1 N–H and O–H groups in total. The Bertz CT molecular complexity index is 878. The number of carbonyl (C=O) groups excluding carboxylic acids is 1. The van der Waals surface area contributed by atoms with Gasteiger partial charge in [0.05, 0.1) is 12.0 Å². The van der Waals surface area contributed by atoms with Crippen molar-refractivity contribution in [2.75, 3.05) is 12.5 Å². The van der Waals surface area contributed by atoms with E-state index >= 15 is 0 Å². The summed E-state index contributed by atoms with van der Waals surface area (Å²) in [5.74, 6) is 2.22. The van der Waals surface area contributed by atoms with Gasteiger partial charge in [-0.05, 0) is 29.8 Å². The van der Waals surface area contributed by atoms with Crippen LogP contribution in [0, 0.1) is 0 Å². The molecule has 0 bridgehead atoms. The van der Waals surface area contributed by atoms with Gasteiger partial charge in [-0.15, -0.1) is 10.2 Å². The van der Waals surface area contributed by atoms with Crippen LogP contribution in [0.3, 0.4) is 0 Å². The predicted octanol–water partition coefficient (Wildman–Crippen LogP) is 2.47. The van der Waals surface area contributed by atoms with Crippen LogP contribution >= 0.6 is 11.8 Å². The quantitative estimate of drug-likeness (QED) is 0.670. The molecule has 0 aliphatic carbocycles. The highest BCUT2D eigenvalue weighted by Gasteiger charge is 2.15. The van der Waals surface area contributed by atoms with E-state index in [0.29, 0.717) is 23.3 Å². The summed E-state index contributed by atoms with van der Waals surface area (Å²) in [7, 11) is 0. The highest BCUT2D eigenvalue weighted by molar-refractivity contribution is 7.99. The molecule has 1 aliphatic heterocycles. The molecule has 1 amide bonds. The molecule has 128 valence electrons. The van der Waals surface area contributed by atoms with E-state index in [0.717, 1.165) is 23.1 Å². The minimum Gasteiger partial charge on any atom is -0.459 e. The zero-order valence-corrected chi connectivity index (χ0v) is 13.7. The van der Waals surface area contributed by atoms with Gasteiger partial charge < -0.3 is 23.6 Å². The number of hydrogen-bond acceptors (Lipinski definition) is 8. The molecule has 0 radical (unpaired) electrons. The smallest absolute Gasteiger partial charge is 0.284 e. The van der Waals surface area contributed by atoms with Crippen LogP contribution in [-0.2, 0) is 11.3 Å². The fourth-order valence-electron chi connectivity index (χ4n) is 2.20. The molecule has 1 aliphatic rings. The number of nitrogens with zero attached hydrogens (tertiary/aromatic N) is 2. The molecule has 1 aromatic carbocycles. The molecular formula is C16H13N3O5S. The number of nitrogens with one attached hydrogen (secondary N) is 1. The largest absolute Gasteiger partial charge is 0.459 e. The first-order valence-corrected chi connectivity index (χ1v) is 8.42. The normalized spacial score (nSPS) is 12.3. The highest BCUT2D eigenvalue weighted by Crippen LogP contribution is 2.32. The SMILES string of the molecule is O=C(CSc1nnc(-c2ccco2)o1)NCc1ccc2c(c1)OCO2. The second kappa shape index (κ2) is 6.89. The van der Waals surface area contributed by atoms with Gasteiger partial charge in [-0.1, -0.05) is 17.8 Å². The van der Waals surface area contributed by atoms with E-state index < -0.39 is 0 Å². The Labute approximate surface area is 146 Å². The minimum atomic E-state index is -0.139. The number of aromatic nitrogens is 2. The predicted molar refractivity (Wildman–Crippen MR) is 87.1 cm³/mol. The summed E-state index contributed by atoms with van der Waals surface area (Å²) in [6.45, 7) is 0.628. The fraction of sp³-hybridized carbons (Fsp3) is 0.188. The number of thioether (sulfide) groups is 1. The summed E-state index contributed by atoms with van der Waals surface area (Å²) in [5, 5.41) is 10.9. The number of hydrogen-bond donors (Lipinski definition) is 1. The van der Waals surface area contributed by atoms with Crippen molar-refractivity contribution in [2.45, 2.75) is 11.8 Å². The summed E-state index contributed by atoms with van der Waals surface area (Å²) in [6, 6.07) is 9.01. The van der Waals surface area contributed by atoms with Gasteiger partial charge in [0.15, 0.2) is 17.3 Å². The number of amides is 1. The number of fused-ring (bicyclic) bond motifs is 1. The molecule has 0 atom stereocenters. The number of ether oxygens (including phenoxy) is 2. The maximum atomic E-state index is 12.0. The third kappa shape index (κ3) is 3.61. The molecule has 3 heterocycles. The summed E-state index contributed by atoms with van der Waals surface area (Å²) in [5.41, 5.74) is 0.931. The van der Waals surface area contributed by atoms with Crippen molar-refractivity contribution < 1.29 is 23.1 Å². The Kier molecular flexibility index (Phi) is 4.30. The van der Waals surface area contributed by atoms with Crippen LogP contribution in [0.1, 0.15) is 5.56 Å². The van der Waals surface area contributed by atoms with Gasteiger partial charge in [0.1, 0.15) is 0 Å². The summed E-state index contributed by atoms with van der Waals surface area (Å²) in [4.78, 5) is 12.0. The van der Waals surface area contributed by atoms with Gasteiger partial charge >= 0.3 is 0 Å². The Balaban J connectivity index is 1.27. The molecule has 0 spiro atoms.